The zero-order chi connectivity index (χ0) is 23.0. The van der Waals surface area contributed by atoms with Crippen LogP contribution in [-0.4, -0.2) is 51.6 Å². The minimum absolute atomic E-state index is 0. The van der Waals surface area contributed by atoms with Crippen LogP contribution in [0.15, 0.2) is 59.8 Å². The quantitative estimate of drug-likeness (QED) is 0.378. The third kappa shape index (κ3) is 7.21. The molecule has 33 heavy (non-hydrogen) atoms. The number of hydrogen-bond acceptors (Lipinski definition) is 9. The molecule has 0 radical (unpaired) electrons. The maximum atomic E-state index is 12.2. The summed E-state index contributed by atoms with van der Waals surface area (Å²) >= 11 is 0. The van der Waals surface area contributed by atoms with Gasteiger partial charge in [0.2, 0.25) is 0 Å². The number of hydrogen-bond donors (Lipinski definition) is 2. The van der Waals surface area contributed by atoms with Crippen molar-refractivity contribution >= 4 is 45.3 Å². The van der Waals surface area contributed by atoms with Crippen LogP contribution in [-0.2, 0) is 14.6 Å². The van der Waals surface area contributed by atoms with E-state index in [-0.39, 0.29) is 23.1 Å². The van der Waals surface area contributed by atoms with Crippen LogP contribution in [0.5, 0.6) is 11.5 Å². The molecule has 0 aliphatic heterocycles. The van der Waals surface area contributed by atoms with Crippen molar-refractivity contribution in [3.05, 3.63) is 54.9 Å². The molecule has 0 saturated heterocycles. The van der Waals surface area contributed by atoms with E-state index in [2.05, 4.69) is 20.6 Å². The first-order valence-electron chi connectivity index (χ1n) is 9.94. The summed E-state index contributed by atoms with van der Waals surface area (Å²) in [4.78, 5) is 8.67. The molecule has 0 fully saturated rings. The van der Waals surface area contributed by atoms with Crippen molar-refractivity contribution in [1.82, 2.24) is 9.97 Å². The summed E-state index contributed by atoms with van der Waals surface area (Å²) in [6.07, 6.45) is 1.41. The van der Waals surface area contributed by atoms with Gasteiger partial charge < -0.3 is 24.8 Å². The molecule has 178 valence electrons. The molecule has 0 spiro atoms. The minimum atomic E-state index is -3.36. The Balaban J connectivity index is 0.00000385. The van der Waals surface area contributed by atoms with Gasteiger partial charge in [0, 0.05) is 18.9 Å². The lowest BCUT2D eigenvalue weighted by Crippen LogP contribution is -2.05. The van der Waals surface area contributed by atoms with E-state index in [1.165, 1.54) is 25.6 Å². The van der Waals surface area contributed by atoms with Crippen LogP contribution in [0.1, 0.15) is 6.92 Å². The molecule has 2 N–H and O–H groups in total. The molecule has 0 amide bonds. The zero-order valence-corrected chi connectivity index (χ0v) is 20.2. The summed E-state index contributed by atoms with van der Waals surface area (Å²) in [6.45, 7) is 2.61. The molecule has 3 aromatic rings. The van der Waals surface area contributed by atoms with Crippen molar-refractivity contribution in [3.63, 3.8) is 0 Å². The van der Waals surface area contributed by atoms with Crippen molar-refractivity contribution in [2.75, 3.05) is 43.8 Å². The van der Waals surface area contributed by atoms with Gasteiger partial charge in [0.1, 0.15) is 36.1 Å². The van der Waals surface area contributed by atoms with E-state index in [0.29, 0.717) is 36.3 Å². The minimum Gasteiger partial charge on any atom is -0.495 e. The molecule has 0 atom stereocenters. The maximum Gasteiger partial charge on any atom is 0.178 e. The number of aromatic nitrogens is 2. The van der Waals surface area contributed by atoms with Crippen molar-refractivity contribution in [2.45, 2.75) is 11.8 Å². The highest BCUT2D eigenvalue weighted by Crippen LogP contribution is 2.31. The topological polar surface area (TPSA) is 112 Å². The molecule has 0 bridgehead atoms. The Labute approximate surface area is 199 Å². The molecule has 3 rings (SSSR count). The van der Waals surface area contributed by atoms with Crippen molar-refractivity contribution in [3.8, 4) is 11.5 Å². The van der Waals surface area contributed by atoms with Gasteiger partial charge in [0.25, 0.3) is 0 Å². The molecule has 9 nitrogen and oxygen atoms in total. The van der Waals surface area contributed by atoms with E-state index >= 15 is 0 Å². The largest absolute Gasteiger partial charge is 0.495 e. The van der Waals surface area contributed by atoms with Gasteiger partial charge in [-0.2, -0.15) is 0 Å². The average molecular weight is 495 g/mol. The molecule has 1 heterocycles. The van der Waals surface area contributed by atoms with Crippen LogP contribution >= 0.6 is 12.4 Å². The first-order chi connectivity index (χ1) is 15.4. The smallest absolute Gasteiger partial charge is 0.178 e. The molecule has 1 aromatic heterocycles. The fraction of sp³-hybridized carbons (Fsp3) is 0.273. The van der Waals surface area contributed by atoms with Gasteiger partial charge in [0.05, 0.1) is 30.1 Å². The highest BCUT2D eigenvalue weighted by Gasteiger charge is 2.15. The number of methoxy groups -OCH3 is 2. The van der Waals surface area contributed by atoms with Crippen LogP contribution in [0.25, 0.3) is 0 Å². The number of ether oxygens (including phenoxy) is 3. The second-order valence-corrected chi connectivity index (χ2v) is 8.95. The Bertz CT molecular complexity index is 1140. The van der Waals surface area contributed by atoms with E-state index in [4.69, 9.17) is 14.2 Å². The lowest BCUT2D eigenvalue weighted by Gasteiger charge is -2.13. The van der Waals surface area contributed by atoms with Crippen molar-refractivity contribution in [2.24, 2.45) is 0 Å². The molecule has 0 saturated carbocycles. The summed E-state index contributed by atoms with van der Waals surface area (Å²) in [5.74, 6) is 2.29. The summed E-state index contributed by atoms with van der Waals surface area (Å²) in [5, 5.41) is 6.31. The van der Waals surface area contributed by atoms with Gasteiger partial charge >= 0.3 is 0 Å². The van der Waals surface area contributed by atoms with Crippen LogP contribution in [0.3, 0.4) is 0 Å². The Hall–Kier alpha value is -3.08. The van der Waals surface area contributed by atoms with E-state index in [1.54, 1.807) is 26.2 Å². The monoisotopic (exact) mass is 494 g/mol. The lowest BCUT2D eigenvalue weighted by molar-refractivity contribution is 0.146. The molecule has 0 unspecified atom stereocenters. The number of nitrogens with zero attached hydrogens (tertiary/aromatic N) is 2. The van der Waals surface area contributed by atoms with E-state index in [1.807, 2.05) is 24.3 Å². The second kappa shape index (κ2) is 12.2. The summed E-state index contributed by atoms with van der Waals surface area (Å²) in [5.41, 5.74) is 1.31. The number of rotatable bonds is 11. The molecule has 0 aliphatic rings. The summed E-state index contributed by atoms with van der Waals surface area (Å²) in [7, 11) is -0.212. The Morgan fingerprint density at radius 1 is 0.909 bits per heavy atom. The van der Waals surface area contributed by atoms with Gasteiger partial charge in [-0.25, -0.2) is 18.4 Å². The number of halogens is 1. The Kier molecular flexibility index (Phi) is 9.71. The highest BCUT2D eigenvalue weighted by molar-refractivity contribution is 7.91. The van der Waals surface area contributed by atoms with Gasteiger partial charge in [-0.3, -0.25) is 0 Å². The van der Waals surface area contributed by atoms with Gasteiger partial charge in [-0.1, -0.05) is 6.92 Å². The Morgan fingerprint density at radius 2 is 1.61 bits per heavy atom. The molecule has 0 aliphatic carbocycles. The number of anilines is 4. The fourth-order valence-corrected chi connectivity index (χ4v) is 3.71. The van der Waals surface area contributed by atoms with Crippen LogP contribution in [0, 0.1) is 0 Å². The van der Waals surface area contributed by atoms with Gasteiger partial charge in [-0.15, -0.1) is 12.4 Å². The number of nitrogens with one attached hydrogen (secondary N) is 2. The Morgan fingerprint density at radius 3 is 2.24 bits per heavy atom. The molecule has 2 aromatic carbocycles. The summed E-state index contributed by atoms with van der Waals surface area (Å²) in [6, 6.07) is 13.8. The molecular formula is C22H27ClN4O5S. The lowest BCUT2D eigenvalue weighted by atomic mass is 10.3. The first-order valence-corrected chi connectivity index (χ1v) is 11.6. The van der Waals surface area contributed by atoms with Crippen molar-refractivity contribution in [1.29, 1.82) is 0 Å². The number of benzene rings is 2. The standard InChI is InChI=1S/C22H26N4O5S.ClH/c1-4-32(27,28)18-9-10-20(30-3)19(13-18)26-22-14-21(23-15-24-22)25-16-5-7-17(8-6-16)31-12-11-29-2;/h5-10,13-15H,4,11-12H2,1-3H3,(H2,23,24,25,26);1H. The SMILES string of the molecule is CCS(=O)(=O)c1ccc(OC)c(Nc2cc(Nc3ccc(OCCOC)cc3)ncn2)c1.Cl. The van der Waals surface area contributed by atoms with E-state index in [0.717, 1.165) is 11.4 Å². The fourth-order valence-electron chi connectivity index (χ4n) is 2.80. The molecular weight excluding hydrogens is 468 g/mol. The van der Waals surface area contributed by atoms with Crippen LogP contribution < -0.4 is 20.1 Å². The predicted octanol–water partition coefficient (Wildman–Crippen LogP) is 4.21. The predicted molar refractivity (Wildman–Crippen MR) is 130 cm³/mol. The van der Waals surface area contributed by atoms with Crippen LogP contribution in [0.4, 0.5) is 23.0 Å². The second-order valence-electron chi connectivity index (χ2n) is 6.67. The maximum absolute atomic E-state index is 12.2. The van der Waals surface area contributed by atoms with Crippen LogP contribution in [0.2, 0.25) is 0 Å². The molecule has 11 heteroatoms. The number of sulfone groups is 1. The summed E-state index contributed by atoms with van der Waals surface area (Å²) < 4.78 is 40.4. The van der Waals surface area contributed by atoms with E-state index < -0.39 is 9.84 Å². The third-order valence-electron chi connectivity index (χ3n) is 4.52. The average Bonchev–Trinajstić information content (AvgIpc) is 2.80. The van der Waals surface area contributed by atoms with Gasteiger partial charge in [0.15, 0.2) is 9.84 Å². The third-order valence-corrected chi connectivity index (χ3v) is 6.26. The van der Waals surface area contributed by atoms with Gasteiger partial charge in [-0.05, 0) is 42.5 Å². The van der Waals surface area contributed by atoms with E-state index in [9.17, 15) is 8.42 Å². The van der Waals surface area contributed by atoms with Crippen molar-refractivity contribution < 1.29 is 22.6 Å². The highest BCUT2D eigenvalue weighted by atomic mass is 35.5. The zero-order valence-electron chi connectivity index (χ0n) is 18.6. The normalized spacial score (nSPS) is 10.8. The first kappa shape index (κ1) is 26.2.